The van der Waals surface area contributed by atoms with E-state index in [1.807, 2.05) is 32.0 Å². The Bertz CT molecular complexity index is 835. The third-order valence-electron chi connectivity index (χ3n) is 5.48. The van der Waals surface area contributed by atoms with Crippen LogP contribution in [0, 0.1) is 37.5 Å². The zero-order chi connectivity index (χ0) is 20.3. The number of rotatable bonds is 7. The molecule has 0 amide bonds. The average molecular weight is 385 g/mol. The Kier molecular flexibility index (Phi) is 6.40. The Balaban J connectivity index is 1.57. The molecule has 4 N–H and O–H groups in total. The minimum atomic E-state index is -0.865. The third-order valence-corrected chi connectivity index (χ3v) is 5.48. The van der Waals surface area contributed by atoms with Crippen molar-refractivity contribution >= 4 is 5.97 Å². The average Bonchev–Trinajstić information content (AvgIpc) is 2.86. The summed E-state index contributed by atoms with van der Waals surface area (Å²) in [4.78, 5) is 15.8. The molecule has 2 aliphatic rings. The van der Waals surface area contributed by atoms with Gasteiger partial charge in [0.15, 0.2) is 0 Å². The van der Waals surface area contributed by atoms with E-state index in [-0.39, 0.29) is 18.3 Å². The number of aryl methyl sites for hydroxylation is 2. The number of fused-ring (bicyclic) bond motifs is 1. The first-order chi connectivity index (χ1) is 13.4. The molecular formula is C22H27NO5. The van der Waals surface area contributed by atoms with Crippen LogP contribution in [0.1, 0.15) is 48.5 Å². The van der Waals surface area contributed by atoms with Gasteiger partial charge in [-0.15, -0.1) is 0 Å². The number of allylic oxidation sites excluding steroid dienone is 1. The van der Waals surface area contributed by atoms with Gasteiger partial charge in [0.1, 0.15) is 6.10 Å². The number of aliphatic hydroxyl groups excluding tert-OH is 2. The molecule has 4 unspecified atom stereocenters. The Labute approximate surface area is 165 Å². The van der Waals surface area contributed by atoms with Crippen LogP contribution in [-0.4, -0.2) is 34.0 Å². The molecule has 150 valence electrons. The van der Waals surface area contributed by atoms with Gasteiger partial charge in [-0.05, 0) is 49.8 Å². The van der Waals surface area contributed by atoms with Crippen LogP contribution >= 0.6 is 0 Å². The molecule has 1 saturated carbocycles. The Morgan fingerprint density at radius 2 is 2.14 bits per heavy atom. The van der Waals surface area contributed by atoms with E-state index in [1.54, 1.807) is 0 Å². The molecule has 0 spiro atoms. The summed E-state index contributed by atoms with van der Waals surface area (Å²) in [6.07, 6.45) is 0.396. The number of carboxylic acid groups (broad SMARTS) is 1. The third kappa shape index (κ3) is 4.56. The van der Waals surface area contributed by atoms with Gasteiger partial charge in [0.05, 0.1) is 18.6 Å². The lowest BCUT2D eigenvalue weighted by Gasteiger charge is -2.30. The second-order valence-corrected chi connectivity index (χ2v) is 7.61. The predicted molar refractivity (Wildman–Crippen MR) is 104 cm³/mol. The first-order valence-electron chi connectivity index (χ1n) is 9.62. The number of aliphatic hydroxyl groups is 2. The Hall–Kier alpha value is -2.33. The van der Waals surface area contributed by atoms with Crippen molar-refractivity contribution in [2.45, 2.75) is 51.7 Å². The van der Waals surface area contributed by atoms with E-state index in [4.69, 9.17) is 9.94 Å². The molecule has 0 aromatic heterocycles. The maximum absolute atomic E-state index is 10.5. The van der Waals surface area contributed by atoms with Crippen LogP contribution in [0.25, 0.3) is 0 Å². The van der Waals surface area contributed by atoms with E-state index in [0.29, 0.717) is 19.4 Å². The molecule has 28 heavy (non-hydrogen) atoms. The molecule has 0 heterocycles. The SMILES string of the molecule is Cc1ccc(C(O)C#CC2C(O)CC3=C(NOCCCC(=O)O)CC32)c(C)c1. The first-order valence-corrected chi connectivity index (χ1v) is 9.62. The second-order valence-electron chi connectivity index (χ2n) is 7.61. The molecule has 6 nitrogen and oxygen atoms in total. The number of benzene rings is 1. The molecule has 6 heteroatoms. The zero-order valence-corrected chi connectivity index (χ0v) is 16.2. The maximum atomic E-state index is 10.5. The molecule has 3 rings (SSSR count). The monoisotopic (exact) mass is 385 g/mol. The van der Waals surface area contributed by atoms with Crippen LogP contribution in [0.5, 0.6) is 0 Å². The normalized spacial score (nSPS) is 24.1. The second kappa shape index (κ2) is 8.78. The van der Waals surface area contributed by atoms with Gasteiger partial charge < -0.3 is 15.3 Å². The molecule has 0 aliphatic heterocycles. The highest BCUT2D eigenvalue weighted by Gasteiger charge is 2.45. The molecule has 2 aliphatic carbocycles. The summed E-state index contributed by atoms with van der Waals surface area (Å²) < 4.78 is 0. The van der Waals surface area contributed by atoms with Crippen molar-refractivity contribution in [1.29, 1.82) is 0 Å². The van der Waals surface area contributed by atoms with Crippen LogP contribution in [0.3, 0.4) is 0 Å². The van der Waals surface area contributed by atoms with Crippen molar-refractivity contribution < 1.29 is 25.0 Å². The first kappa shape index (κ1) is 20.4. The standard InChI is InChI=1S/C22H27NO5/c1-13-5-6-15(14(2)10-13)20(24)8-7-16-17-11-19(18(17)12-21(16)25)23-28-9-3-4-22(26)27/h5-6,10,16-17,20-21,23-25H,3-4,9,11-12H2,1-2H3,(H,26,27). The summed E-state index contributed by atoms with van der Waals surface area (Å²) in [6.45, 7) is 4.29. The number of carbonyl (C=O) groups is 1. The molecular weight excluding hydrogens is 358 g/mol. The van der Waals surface area contributed by atoms with Gasteiger partial charge in [-0.1, -0.05) is 35.6 Å². The number of carboxylic acids is 1. The Morgan fingerprint density at radius 1 is 1.36 bits per heavy atom. The van der Waals surface area contributed by atoms with E-state index in [0.717, 1.165) is 34.4 Å². The van der Waals surface area contributed by atoms with Crippen LogP contribution in [-0.2, 0) is 9.63 Å². The van der Waals surface area contributed by atoms with Gasteiger partial charge in [0, 0.05) is 18.0 Å². The number of aliphatic carboxylic acids is 1. The van der Waals surface area contributed by atoms with E-state index in [9.17, 15) is 15.0 Å². The van der Waals surface area contributed by atoms with Crippen molar-refractivity contribution in [3.8, 4) is 11.8 Å². The molecule has 0 radical (unpaired) electrons. The van der Waals surface area contributed by atoms with Crippen molar-refractivity contribution in [2.24, 2.45) is 11.8 Å². The summed E-state index contributed by atoms with van der Waals surface area (Å²) in [5.74, 6) is 5.17. The fourth-order valence-electron chi connectivity index (χ4n) is 3.93. The van der Waals surface area contributed by atoms with Gasteiger partial charge >= 0.3 is 5.97 Å². The van der Waals surface area contributed by atoms with Gasteiger partial charge in [-0.25, -0.2) is 0 Å². The van der Waals surface area contributed by atoms with E-state index >= 15 is 0 Å². The fourth-order valence-corrected chi connectivity index (χ4v) is 3.93. The van der Waals surface area contributed by atoms with Crippen LogP contribution in [0.4, 0.5) is 0 Å². The molecule has 1 aromatic rings. The number of hydrogen-bond acceptors (Lipinski definition) is 5. The molecule has 4 atom stereocenters. The largest absolute Gasteiger partial charge is 0.481 e. The topological polar surface area (TPSA) is 99.0 Å². The van der Waals surface area contributed by atoms with Crippen LogP contribution in [0.2, 0.25) is 0 Å². The van der Waals surface area contributed by atoms with E-state index in [2.05, 4.69) is 17.3 Å². The predicted octanol–water partition coefficient (Wildman–Crippen LogP) is 2.38. The van der Waals surface area contributed by atoms with Crippen molar-refractivity contribution in [2.75, 3.05) is 6.61 Å². The number of nitrogens with one attached hydrogen (secondary N) is 1. The number of hydrogen-bond donors (Lipinski definition) is 4. The quantitative estimate of drug-likeness (QED) is 0.327. The fraction of sp³-hybridized carbons (Fsp3) is 0.500. The minimum Gasteiger partial charge on any atom is -0.481 e. The lowest BCUT2D eigenvalue weighted by atomic mass is 9.79. The van der Waals surface area contributed by atoms with E-state index < -0.39 is 18.2 Å². The van der Waals surface area contributed by atoms with E-state index in [1.165, 1.54) is 0 Å². The summed E-state index contributed by atoms with van der Waals surface area (Å²) in [6, 6.07) is 5.87. The minimum absolute atomic E-state index is 0.0787. The zero-order valence-electron chi connectivity index (χ0n) is 16.2. The van der Waals surface area contributed by atoms with Gasteiger partial charge in [0.2, 0.25) is 0 Å². The highest BCUT2D eigenvalue weighted by Crippen LogP contribution is 2.48. The highest BCUT2D eigenvalue weighted by atomic mass is 16.6. The van der Waals surface area contributed by atoms with Crippen LogP contribution in [0.15, 0.2) is 29.5 Å². The lowest BCUT2D eigenvalue weighted by Crippen LogP contribution is -2.29. The molecule has 1 fully saturated rings. The summed E-state index contributed by atoms with van der Waals surface area (Å²) in [5, 5.41) is 29.4. The highest BCUT2D eigenvalue weighted by molar-refractivity contribution is 5.66. The van der Waals surface area contributed by atoms with Crippen LogP contribution < -0.4 is 5.48 Å². The lowest BCUT2D eigenvalue weighted by molar-refractivity contribution is -0.137. The Morgan fingerprint density at radius 3 is 2.86 bits per heavy atom. The molecule has 1 aromatic carbocycles. The van der Waals surface area contributed by atoms with Crippen molar-refractivity contribution in [3.63, 3.8) is 0 Å². The summed E-state index contributed by atoms with van der Waals surface area (Å²) in [5.41, 5.74) is 7.90. The number of hydroxylamine groups is 1. The molecule has 0 saturated heterocycles. The smallest absolute Gasteiger partial charge is 0.303 e. The summed E-state index contributed by atoms with van der Waals surface area (Å²) >= 11 is 0. The van der Waals surface area contributed by atoms with Gasteiger partial charge in [-0.3, -0.25) is 15.1 Å². The van der Waals surface area contributed by atoms with Gasteiger partial charge in [-0.2, -0.15) is 0 Å². The van der Waals surface area contributed by atoms with Gasteiger partial charge in [0.25, 0.3) is 0 Å². The maximum Gasteiger partial charge on any atom is 0.303 e. The van der Waals surface area contributed by atoms with Crippen molar-refractivity contribution in [3.05, 3.63) is 46.2 Å². The summed E-state index contributed by atoms with van der Waals surface area (Å²) in [7, 11) is 0. The van der Waals surface area contributed by atoms with Crippen molar-refractivity contribution in [1.82, 2.24) is 5.48 Å². The molecule has 0 bridgehead atoms.